The fourth-order valence-corrected chi connectivity index (χ4v) is 2.11. The maximum atomic E-state index is 12.3. The molecule has 0 saturated carbocycles. The molecule has 2 heterocycles. The Labute approximate surface area is 122 Å². The van der Waals surface area contributed by atoms with Crippen LogP contribution < -0.4 is 5.73 Å². The first kappa shape index (κ1) is 16.4. The third-order valence-electron chi connectivity index (χ3n) is 3.19. The van der Waals surface area contributed by atoms with E-state index in [4.69, 9.17) is 10.5 Å². The van der Waals surface area contributed by atoms with Gasteiger partial charge < -0.3 is 25.5 Å². The average Bonchev–Trinajstić information content (AvgIpc) is 2.80. The lowest BCUT2D eigenvalue weighted by Crippen LogP contribution is -2.48. The summed E-state index contributed by atoms with van der Waals surface area (Å²) >= 11 is 0. The Morgan fingerprint density at radius 1 is 1.60 bits per heavy atom. The molecular formula is C11H17ClN4O4. The van der Waals surface area contributed by atoms with Crippen LogP contribution in [0.15, 0.2) is 12.1 Å². The summed E-state index contributed by atoms with van der Waals surface area (Å²) in [5.74, 6) is -0.343. The summed E-state index contributed by atoms with van der Waals surface area (Å²) in [5, 5.41) is 10.8. The van der Waals surface area contributed by atoms with Gasteiger partial charge in [-0.25, -0.2) is 4.57 Å². The second kappa shape index (κ2) is 6.69. The zero-order chi connectivity index (χ0) is 14.0. The molecule has 1 unspecified atom stereocenters. The minimum Gasteiger partial charge on any atom is -0.373 e. The number of nitrogens with zero attached hydrogens (tertiary/aromatic N) is 3. The molecule has 2 N–H and O–H groups in total. The number of hydrogen-bond acceptors (Lipinski definition) is 5. The maximum Gasteiger partial charge on any atom is 0.323 e. The van der Waals surface area contributed by atoms with E-state index in [1.807, 2.05) is 0 Å². The van der Waals surface area contributed by atoms with E-state index in [9.17, 15) is 14.9 Å². The van der Waals surface area contributed by atoms with E-state index in [0.29, 0.717) is 31.9 Å². The van der Waals surface area contributed by atoms with Crippen LogP contribution in [-0.2, 0) is 11.8 Å². The Balaban J connectivity index is 0.00000200. The standard InChI is InChI=1S/C11H16N4O4.ClH/c1-13-9(2-3-10(13)15(17)18)11(16)14-4-5-19-8(6-12)7-14;/h2-3,8H,4-7,12H2,1H3;1H. The molecule has 1 fully saturated rings. The smallest absolute Gasteiger partial charge is 0.323 e. The fraction of sp³-hybridized carbons (Fsp3) is 0.545. The van der Waals surface area contributed by atoms with Gasteiger partial charge in [0.15, 0.2) is 5.69 Å². The van der Waals surface area contributed by atoms with Gasteiger partial charge in [0.1, 0.15) is 0 Å². The van der Waals surface area contributed by atoms with Crippen molar-refractivity contribution < 1.29 is 14.5 Å². The van der Waals surface area contributed by atoms with Crippen molar-refractivity contribution in [3.05, 3.63) is 27.9 Å². The molecule has 0 radical (unpaired) electrons. The predicted octanol–water partition coefficient (Wildman–Crippen LogP) is 0.155. The van der Waals surface area contributed by atoms with Crippen LogP contribution >= 0.6 is 12.4 Å². The van der Waals surface area contributed by atoms with E-state index < -0.39 is 4.92 Å². The van der Waals surface area contributed by atoms with Crippen molar-refractivity contribution in [3.63, 3.8) is 0 Å². The molecule has 1 atom stereocenters. The molecule has 1 amide bonds. The highest BCUT2D eigenvalue weighted by Gasteiger charge is 2.29. The Morgan fingerprint density at radius 2 is 2.30 bits per heavy atom. The van der Waals surface area contributed by atoms with Crippen LogP contribution in [0.4, 0.5) is 5.82 Å². The summed E-state index contributed by atoms with van der Waals surface area (Å²) in [6, 6.07) is 2.79. The molecule has 1 aromatic heterocycles. The van der Waals surface area contributed by atoms with Gasteiger partial charge in [-0.3, -0.25) is 4.79 Å². The number of hydrogen-bond donors (Lipinski definition) is 1. The molecule has 1 aliphatic heterocycles. The number of nitrogens with two attached hydrogens (primary N) is 1. The number of ether oxygens (including phenoxy) is 1. The van der Waals surface area contributed by atoms with Crippen molar-refractivity contribution in [1.29, 1.82) is 0 Å². The fourth-order valence-electron chi connectivity index (χ4n) is 2.11. The van der Waals surface area contributed by atoms with E-state index >= 15 is 0 Å². The summed E-state index contributed by atoms with van der Waals surface area (Å²) in [5.41, 5.74) is 5.82. The SMILES string of the molecule is Cl.Cn1c(C(=O)N2CCOC(CN)C2)ccc1[N+](=O)[O-]. The lowest BCUT2D eigenvalue weighted by Gasteiger charge is -2.31. The largest absolute Gasteiger partial charge is 0.373 e. The number of morpholine rings is 1. The monoisotopic (exact) mass is 304 g/mol. The minimum atomic E-state index is -0.515. The molecule has 1 aliphatic rings. The average molecular weight is 305 g/mol. The Kier molecular flexibility index (Phi) is 5.49. The van der Waals surface area contributed by atoms with Gasteiger partial charge in [0.2, 0.25) is 0 Å². The number of carbonyl (C=O) groups excluding carboxylic acids is 1. The van der Waals surface area contributed by atoms with Gasteiger partial charge in [-0.2, -0.15) is 0 Å². The predicted molar refractivity (Wildman–Crippen MR) is 74.0 cm³/mol. The summed E-state index contributed by atoms with van der Waals surface area (Å²) in [6.07, 6.45) is -0.173. The molecule has 0 spiro atoms. The summed E-state index contributed by atoms with van der Waals surface area (Å²) in [7, 11) is 1.51. The van der Waals surface area contributed by atoms with Gasteiger partial charge in [0.25, 0.3) is 5.91 Å². The van der Waals surface area contributed by atoms with Crippen LogP contribution in [0.2, 0.25) is 0 Å². The van der Waals surface area contributed by atoms with Gasteiger partial charge in [-0.15, -0.1) is 12.4 Å². The summed E-state index contributed by atoms with van der Waals surface area (Å²) < 4.78 is 6.67. The molecule has 1 saturated heterocycles. The lowest BCUT2D eigenvalue weighted by molar-refractivity contribution is -0.391. The number of halogens is 1. The first-order valence-electron chi connectivity index (χ1n) is 5.95. The topological polar surface area (TPSA) is 104 Å². The molecule has 112 valence electrons. The quantitative estimate of drug-likeness (QED) is 0.632. The zero-order valence-corrected chi connectivity index (χ0v) is 11.8. The van der Waals surface area contributed by atoms with Gasteiger partial charge >= 0.3 is 5.82 Å². The highest BCUT2D eigenvalue weighted by Crippen LogP contribution is 2.17. The van der Waals surface area contributed by atoms with Crippen molar-refractivity contribution in [2.24, 2.45) is 12.8 Å². The van der Waals surface area contributed by atoms with Gasteiger partial charge in [-0.05, 0) is 11.0 Å². The van der Waals surface area contributed by atoms with E-state index in [1.54, 1.807) is 4.90 Å². The molecule has 1 aromatic rings. The van der Waals surface area contributed by atoms with Gasteiger partial charge in [-0.1, -0.05) is 0 Å². The number of amides is 1. The second-order valence-electron chi connectivity index (χ2n) is 4.37. The Bertz CT molecular complexity index is 505. The number of nitro groups is 1. The molecule has 8 nitrogen and oxygen atoms in total. The van der Waals surface area contributed by atoms with Crippen LogP contribution in [0.1, 0.15) is 10.5 Å². The normalized spacial score (nSPS) is 18.5. The zero-order valence-electron chi connectivity index (χ0n) is 11.0. The van der Waals surface area contributed by atoms with Crippen LogP contribution in [0, 0.1) is 10.1 Å². The molecule has 0 aliphatic carbocycles. The van der Waals surface area contributed by atoms with Crippen LogP contribution in [-0.4, -0.2) is 52.6 Å². The third kappa shape index (κ3) is 3.09. The Morgan fingerprint density at radius 3 is 2.85 bits per heavy atom. The number of rotatable bonds is 3. The molecule has 2 rings (SSSR count). The first-order valence-corrected chi connectivity index (χ1v) is 5.95. The van der Waals surface area contributed by atoms with Gasteiger partial charge in [0.05, 0.1) is 19.8 Å². The van der Waals surface area contributed by atoms with Crippen molar-refractivity contribution in [2.45, 2.75) is 6.10 Å². The van der Waals surface area contributed by atoms with Crippen molar-refractivity contribution >= 4 is 24.1 Å². The van der Waals surface area contributed by atoms with E-state index in [-0.39, 0.29) is 30.2 Å². The van der Waals surface area contributed by atoms with Gasteiger partial charge in [0, 0.05) is 25.7 Å². The van der Waals surface area contributed by atoms with Crippen molar-refractivity contribution in [3.8, 4) is 0 Å². The second-order valence-corrected chi connectivity index (χ2v) is 4.37. The maximum absolute atomic E-state index is 12.3. The van der Waals surface area contributed by atoms with Crippen LogP contribution in [0.25, 0.3) is 0 Å². The third-order valence-corrected chi connectivity index (χ3v) is 3.19. The van der Waals surface area contributed by atoms with Crippen molar-refractivity contribution in [1.82, 2.24) is 9.47 Å². The first-order chi connectivity index (χ1) is 9.04. The number of aromatic nitrogens is 1. The van der Waals surface area contributed by atoms with E-state index in [0.717, 1.165) is 0 Å². The highest BCUT2D eigenvalue weighted by atomic mass is 35.5. The molecule has 9 heteroatoms. The number of carbonyl (C=O) groups is 1. The molecular weight excluding hydrogens is 288 g/mol. The van der Waals surface area contributed by atoms with Crippen LogP contribution in [0.5, 0.6) is 0 Å². The lowest BCUT2D eigenvalue weighted by atomic mass is 10.2. The van der Waals surface area contributed by atoms with Crippen LogP contribution in [0.3, 0.4) is 0 Å². The highest BCUT2D eigenvalue weighted by molar-refractivity contribution is 5.93. The molecule has 0 aromatic carbocycles. The van der Waals surface area contributed by atoms with E-state index in [1.165, 1.54) is 23.7 Å². The van der Waals surface area contributed by atoms with Crippen molar-refractivity contribution in [2.75, 3.05) is 26.2 Å². The molecule has 0 bridgehead atoms. The summed E-state index contributed by atoms with van der Waals surface area (Å²) in [4.78, 5) is 24.2. The summed E-state index contributed by atoms with van der Waals surface area (Å²) in [6.45, 7) is 1.65. The Hall–Kier alpha value is -1.64. The minimum absolute atomic E-state index is 0. The van der Waals surface area contributed by atoms with E-state index in [2.05, 4.69) is 0 Å². The molecule has 20 heavy (non-hydrogen) atoms.